The Labute approximate surface area is 242 Å². The van der Waals surface area contributed by atoms with E-state index in [0.29, 0.717) is 42.7 Å². The molecule has 1 saturated carbocycles. The second-order valence-electron chi connectivity index (χ2n) is 11.6. The molecule has 11 heteroatoms. The van der Waals surface area contributed by atoms with Crippen LogP contribution in [-0.2, 0) is 26.2 Å². The molecule has 2 aliphatic heterocycles. The van der Waals surface area contributed by atoms with E-state index >= 15 is 0 Å². The molecular weight excluding hydrogens is 553 g/mol. The highest BCUT2D eigenvalue weighted by atomic mass is 19.4. The summed E-state index contributed by atoms with van der Waals surface area (Å²) in [5.74, 6) is 0.195. The van der Waals surface area contributed by atoms with Gasteiger partial charge in [-0.3, -0.25) is 14.5 Å². The van der Waals surface area contributed by atoms with Gasteiger partial charge in [0.15, 0.2) is 11.5 Å². The van der Waals surface area contributed by atoms with Crippen molar-refractivity contribution in [2.45, 2.75) is 68.2 Å². The van der Waals surface area contributed by atoms with Crippen LogP contribution in [0.4, 0.5) is 13.2 Å². The van der Waals surface area contributed by atoms with Crippen molar-refractivity contribution in [2.24, 2.45) is 0 Å². The van der Waals surface area contributed by atoms with Crippen LogP contribution < -0.4 is 14.2 Å². The first-order chi connectivity index (χ1) is 19.9. The van der Waals surface area contributed by atoms with Gasteiger partial charge in [0.2, 0.25) is 5.91 Å². The summed E-state index contributed by atoms with van der Waals surface area (Å²) >= 11 is 0. The Kier molecular flexibility index (Phi) is 6.71. The van der Waals surface area contributed by atoms with Crippen LogP contribution in [0, 0.1) is 0 Å². The van der Waals surface area contributed by atoms with Crippen LogP contribution in [0.15, 0.2) is 42.5 Å². The molecule has 2 aromatic carbocycles. The van der Waals surface area contributed by atoms with Crippen LogP contribution >= 0.6 is 0 Å². The maximum atomic E-state index is 13.5. The summed E-state index contributed by atoms with van der Waals surface area (Å²) < 4.78 is 60.8. The lowest BCUT2D eigenvalue weighted by atomic mass is 9.48. The molecule has 2 fully saturated rings. The molecule has 0 radical (unpaired) electrons. The average molecular weight is 587 g/mol. The summed E-state index contributed by atoms with van der Waals surface area (Å²) in [4.78, 5) is 30.1. The van der Waals surface area contributed by atoms with Crippen LogP contribution in [0.2, 0.25) is 0 Å². The molecule has 224 valence electrons. The fourth-order valence-corrected chi connectivity index (χ4v) is 7.97. The van der Waals surface area contributed by atoms with Crippen LogP contribution in [0.3, 0.4) is 0 Å². The summed E-state index contributed by atoms with van der Waals surface area (Å²) in [6.45, 7) is 2.21. The number of piperidine rings is 1. The Morgan fingerprint density at radius 2 is 1.98 bits per heavy atom. The fourth-order valence-electron chi connectivity index (χ4n) is 7.97. The molecule has 2 bridgehead atoms. The molecule has 4 aliphatic rings. The van der Waals surface area contributed by atoms with Gasteiger partial charge >= 0.3 is 12.3 Å². The number of alkyl halides is 3. The van der Waals surface area contributed by atoms with Gasteiger partial charge in [0.1, 0.15) is 17.5 Å². The number of carbonyl (C=O) groups excluding carboxylic acids is 2. The Morgan fingerprint density at radius 1 is 1.19 bits per heavy atom. The Balaban J connectivity index is 1.36. The molecule has 42 heavy (non-hydrogen) atoms. The van der Waals surface area contributed by atoms with Crippen LogP contribution in [0.1, 0.15) is 42.9 Å². The number of rotatable bonds is 6. The maximum Gasteiger partial charge on any atom is 0.573 e. The normalized spacial score (nSPS) is 29.5. The number of benzene rings is 2. The number of amides is 1. The SMILES string of the molecule is COc1ccc2c3c1O[C@H]1[C@@H](N(C)C(=O)C=Cc4cccc(OC(F)(F)F)c4)CC[C@@]4(OC(C)=O)[C@@H](C2)N(C)CC[C@]314. The number of likely N-dealkylation sites (tertiary alicyclic amines) is 1. The summed E-state index contributed by atoms with van der Waals surface area (Å²) in [6.07, 6.45) is -0.0693. The Hall–Kier alpha value is -3.73. The number of carbonyl (C=O) groups is 2. The Morgan fingerprint density at radius 3 is 2.69 bits per heavy atom. The molecule has 2 aromatic rings. The molecule has 2 heterocycles. The minimum Gasteiger partial charge on any atom is -0.493 e. The van der Waals surface area contributed by atoms with Crippen LogP contribution in [0.5, 0.6) is 17.2 Å². The first-order valence-corrected chi connectivity index (χ1v) is 14.0. The second-order valence-corrected chi connectivity index (χ2v) is 11.6. The van der Waals surface area contributed by atoms with Crippen molar-refractivity contribution in [2.75, 3.05) is 27.7 Å². The number of hydrogen-bond acceptors (Lipinski definition) is 7. The van der Waals surface area contributed by atoms with E-state index in [-0.39, 0.29) is 29.7 Å². The van der Waals surface area contributed by atoms with Crippen molar-refractivity contribution < 1.29 is 41.7 Å². The molecule has 8 nitrogen and oxygen atoms in total. The number of esters is 1. The molecule has 1 amide bonds. The van der Waals surface area contributed by atoms with Gasteiger partial charge in [-0.25, -0.2) is 0 Å². The van der Waals surface area contributed by atoms with Crippen molar-refractivity contribution in [3.63, 3.8) is 0 Å². The largest absolute Gasteiger partial charge is 0.573 e. The molecule has 0 unspecified atom stereocenters. The van der Waals surface area contributed by atoms with E-state index in [1.165, 1.54) is 37.3 Å². The third-order valence-electron chi connectivity index (χ3n) is 9.54. The van der Waals surface area contributed by atoms with Gasteiger partial charge in [-0.2, -0.15) is 0 Å². The van der Waals surface area contributed by atoms with Gasteiger partial charge in [-0.1, -0.05) is 18.2 Å². The lowest BCUT2D eigenvalue weighted by Crippen LogP contribution is -2.78. The van der Waals surface area contributed by atoms with E-state index in [1.807, 2.05) is 6.07 Å². The third kappa shape index (κ3) is 4.23. The number of likely N-dealkylation sites (N-methyl/N-ethyl adjacent to an activating group) is 2. The number of methoxy groups -OCH3 is 1. The van der Waals surface area contributed by atoms with Gasteiger partial charge in [-0.15, -0.1) is 13.2 Å². The standard InChI is InChI=1S/C31H33F3N2O6/c1-18(37)41-30-13-12-22(36(3)25(38)11-8-19-6-5-7-21(16-19)42-31(32,33)34)28-29(30)14-15-35(2)24(30)17-20-9-10-23(39-4)27(40-28)26(20)29/h5-11,16,22,24,28H,12-15,17H2,1-4H3/t22-,24+,28-,29-,30+/m0/s1. The van der Waals surface area contributed by atoms with Crippen molar-refractivity contribution in [3.05, 3.63) is 59.2 Å². The molecular formula is C31H33F3N2O6. The van der Waals surface area contributed by atoms with Gasteiger partial charge in [0, 0.05) is 25.6 Å². The van der Waals surface area contributed by atoms with E-state index in [9.17, 15) is 22.8 Å². The summed E-state index contributed by atoms with van der Waals surface area (Å²) in [7, 11) is 5.35. The van der Waals surface area contributed by atoms with Crippen LogP contribution in [-0.4, -0.2) is 79.6 Å². The lowest BCUT2D eigenvalue weighted by Gasteiger charge is -2.65. The van der Waals surface area contributed by atoms with Crippen molar-refractivity contribution in [1.29, 1.82) is 0 Å². The van der Waals surface area contributed by atoms with Crippen molar-refractivity contribution in [1.82, 2.24) is 9.80 Å². The van der Waals surface area contributed by atoms with E-state index in [0.717, 1.165) is 17.7 Å². The second kappa shape index (κ2) is 9.93. The zero-order chi connectivity index (χ0) is 30.0. The zero-order valence-electron chi connectivity index (χ0n) is 23.9. The number of nitrogens with zero attached hydrogens (tertiary/aromatic N) is 2. The average Bonchev–Trinajstić information content (AvgIpc) is 3.28. The fraction of sp³-hybridized carbons (Fsp3) is 0.484. The van der Waals surface area contributed by atoms with Crippen molar-refractivity contribution in [3.8, 4) is 17.2 Å². The summed E-state index contributed by atoms with van der Waals surface area (Å²) in [5.41, 5.74) is 1.01. The molecule has 5 atom stereocenters. The lowest BCUT2D eigenvalue weighted by molar-refractivity contribution is -0.274. The molecule has 0 N–H and O–H groups in total. The molecule has 6 rings (SSSR count). The highest BCUT2D eigenvalue weighted by Gasteiger charge is 2.75. The molecule has 1 spiro atoms. The summed E-state index contributed by atoms with van der Waals surface area (Å²) in [6, 6.07) is 8.98. The number of hydrogen-bond donors (Lipinski definition) is 0. The number of halogens is 3. The van der Waals surface area contributed by atoms with Crippen molar-refractivity contribution >= 4 is 18.0 Å². The third-order valence-corrected chi connectivity index (χ3v) is 9.54. The van der Waals surface area contributed by atoms with E-state index in [1.54, 1.807) is 25.1 Å². The predicted molar refractivity (Wildman–Crippen MR) is 146 cm³/mol. The highest BCUT2D eigenvalue weighted by Crippen LogP contribution is 2.67. The number of ether oxygens (including phenoxy) is 4. The van der Waals surface area contributed by atoms with E-state index in [2.05, 4.69) is 22.8 Å². The summed E-state index contributed by atoms with van der Waals surface area (Å²) in [5, 5.41) is 0. The first kappa shape index (κ1) is 28.4. The van der Waals surface area contributed by atoms with Crippen LogP contribution in [0.25, 0.3) is 6.08 Å². The smallest absolute Gasteiger partial charge is 0.493 e. The van der Waals surface area contributed by atoms with Gasteiger partial charge < -0.3 is 23.8 Å². The van der Waals surface area contributed by atoms with E-state index in [4.69, 9.17) is 14.2 Å². The predicted octanol–water partition coefficient (Wildman–Crippen LogP) is 4.49. The maximum absolute atomic E-state index is 13.5. The molecule has 2 aliphatic carbocycles. The van der Waals surface area contributed by atoms with E-state index < -0.39 is 23.5 Å². The van der Waals surface area contributed by atoms with Gasteiger partial charge in [-0.05, 0) is 74.7 Å². The van der Waals surface area contributed by atoms with Gasteiger partial charge in [0.05, 0.1) is 24.6 Å². The Bertz CT molecular complexity index is 1460. The molecule has 1 saturated heterocycles. The monoisotopic (exact) mass is 586 g/mol. The minimum atomic E-state index is -4.81. The quantitative estimate of drug-likeness (QED) is 0.365. The van der Waals surface area contributed by atoms with Gasteiger partial charge in [0.25, 0.3) is 0 Å². The molecule has 0 aromatic heterocycles. The topological polar surface area (TPSA) is 77.5 Å². The highest BCUT2D eigenvalue weighted by molar-refractivity contribution is 5.92. The zero-order valence-corrected chi connectivity index (χ0v) is 23.9. The minimum absolute atomic E-state index is 0.0545. The first-order valence-electron chi connectivity index (χ1n) is 14.0.